The first-order valence-corrected chi connectivity index (χ1v) is 10.3. The van der Waals surface area contributed by atoms with Crippen LogP contribution in [0, 0.1) is 5.82 Å². The molecule has 2 N–H and O–H groups in total. The smallest absolute Gasteiger partial charge is 0.231 e. The summed E-state index contributed by atoms with van der Waals surface area (Å²) in [5.74, 6) is 1.12. The zero-order chi connectivity index (χ0) is 20.9. The molecule has 0 atom stereocenters. The van der Waals surface area contributed by atoms with Crippen LogP contribution in [-0.2, 0) is 24.5 Å². The number of imidazole rings is 1. The van der Waals surface area contributed by atoms with Crippen molar-refractivity contribution in [3.63, 3.8) is 0 Å². The number of halogens is 1. The Balaban J connectivity index is 1.34. The summed E-state index contributed by atoms with van der Waals surface area (Å²) in [5, 5.41) is 12.9. The van der Waals surface area contributed by atoms with Crippen molar-refractivity contribution >= 4 is 17.7 Å². The molecule has 2 heterocycles. The Morgan fingerprint density at radius 1 is 1.17 bits per heavy atom. The molecule has 1 aliphatic heterocycles. The Labute approximate surface area is 176 Å². The van der Waals surface area contributed by atoms with Gasteiger partial charge in [0.1, 0.15) is 5.82 Å². The molecule has 3 aromatic rings. The number of benzene rings is 2. The average molecular weight is 429 g/mol. The molecule has 0 saturated carbocycles. The molecule has 1 aromatic heterocycles. The summed E-state index contributed by atoms with van der Waals surface area (Å²) in [6.07, 6.45) is 1.73. The normalized spacial score (nSPS) is 12.2. The Kier molecular flexibility index (Phi) is 6.20. The number of aliphatic hydroxyl groups excluding tert-OH is 1. The van der Waals surface area contributed by atoms with Crippen LogP contribution in [-0.4, -0.2) is 33.1 Å². The van der Waals surface area contributed by atoms with Crippen LogP contribution in [0.5, 0.6) is 11.5 Å². The van der Waals surface area contributed by atoms with E-state index in [0.717, 1.165) is 11.1 Å². The second-order valence-electron chi connectivity index (χ2n) is 6.68. The summed E-state index contributed by atoms with van der Waals surface area (Å²) in [6.45, 7) is 0.860. The second kappa shape index (κ2) is 9.19. The zero-order valence-electron chi connectivity index (χ0n) is 16.0. The van der Waals surface area contributed by atoms with Crippen molar-refractivity contribution in [2.45, 2.75) is 24.9 Å². The van der Waals surface area contributed by atoms with E-state index < -0.39 is 0 Å². The molecule has 4 rings (SSSR count). The lowest BCUT2D eigenvalue weighted by molar-refractivity contribution is -0.118. The number of nitrogens with one attached hydrogen (secondary N) is 1. The molecule has 0 radical (unpaired) electrons. The number of fused-ring (bicyclic) bond motifs is 1. The highest BCUT2D eigenvalue weighted by molar-refractivity contribution is 7.99. The largest absolute Gasteiger partial charge is 0.454 e. The van der Waals surface area contributed by atoms with E-state index in [1.807, 2.05) is 22.8 Å². The quantitative estimate of drug-likeness (QED) is 0.536. The average Bonchev–Trinajstić information content (AvgIpc) is 3.38. The maximum atomic E-state index is 13.1. The third kappa shape index (κ3) is 4.92. The number of hydrogen-bond acceptors (Lipinski definition) is 6. The lowest BCUT2D eigenvalue weighted by Crippen LogP contribution is -2.24. The van der Waals surface area contributed by atoms with Crippen LogP contribution in [0.15, 0.2) is 53.8 Å². The van der Waals surface area contributed by atoms with Crippen LogP contribution in [0.4, 0.5) is 4.39 Å². The van der Waals surface area contributed by atoms with Gasteiger partial charge >= 0.3 is 0 Å². The molecule has 30 heavy (non-hydrogen) atoms. The molecule has 0 saturated heterocycles. The van der Waals surface area contributed by atoms with E-state index in [4.69, 9.17) is 9.47 Å². The van der Waals surface area contributed by atoms with Crippen molar-refractivity contribution in [3.05, 3.63) is 71.3 Å². The lowest BCUT2D eigenvalue weighted by Gasteiger charge is -2.08. The van der Waals surface area contributed by atoms with E-state index in [1.54, 1.807) is 18.3 Å². The predicted octanol–water partition coefficient (Wildman–Crippen LogP) is 2.70. The highest BCUT2D eigenvalue weighted by Gasteiger charge is 2.14. The molecule has 0 fully saturated rings. The summed E-state index contributed by atoms with van der Waals surface area (Å²) in [5.41, 5.74) is 2.32. The van der Waals surface area contributed by atoms with E-state index in [0.29, 0.717) is 35.4 Å². The van der Waals surface area contributed by atoms with Gasteiger partial charge in [-0.25, -0.2) is 9.37 Å². The Hall–Kier alpha value is -3.04. The highest BCUT2D eigenvalue weighted by Crippen LogP contribution is 2.32. The molecule has 1 amide bonds. The van der Waals surface area contributed by atoms with Gasteiger partial charge in [-0.15, -0.1) is 0 Å². The van der Waals surface area contributed by atoms with Crippen molar-refractivity contribution in [3.8, 4) is 11.5 Å². The van der Waals surface area contributed by atoms with Crippen LogP contribution in [0.2, 0.25) is 0 Å². The molecule has 0 unspecified atom stereocenters. The van der Waals surface area contributed by atoms with E-state index in [2.05, 4.69) is 10.3 Å². The fourth-order valence-corrected chi connectivity index (χ4v) is 3.80. The van der Waals surface area contributed by atoms with Gasteiger partial charge in [0.25, 0.3) is 0 Å². The first kappa shape index (κ1) is 20.2. The maximum Gasteiger partial charge on any atom is 0.231 e. The number of carbonyl (C=O) groups is 1. The topological polar surface area (TPSA) is 85.6 Å². The molecule has 156 valence electrons. The van der Waals surface area contributed by atoms with Gasteiger partial charge in [-0.1, -0.05) is 30.0 Å². The summed E-state index contributed by atoms with van der Waals surface area (Å²) in [6, 6.07) is 11.7. The van der Waals surface area contributed by atoms with Gasteiger partial charge in [-0.2, -0.15) is 0 Å². The summed E-state index contributed by atoms with van der Waals surface area (Å²) in [4.78, 5) is 16.7. The number of rotatable bonds is 8. The summed E-state index contributed by atoms with van der Waals surface area (Å²) >= 11 is 1.28. The van der Waals surface area contributed by atoms with Crippen molar-refractivity contribution in [2.75, 3.05) is 12.5 Å². The van der Waals surface area contributed by atoms with Crippen molar-refractivity contribution in [1.82, 2.24) is 14.9 Å². The van der Waals surface area contributed by atoms with Crippen molar-refractivity contribution < 1.29 is 23.8 Å². The van der Waals surface area contributed by atoms with Crippen molar-refractivity contribution in [2.24, 2.45) is 0 Å². The van der Waals surface area contributed by atoms with Gasteiger partial charge < -0.3 is 24.5 Å². The summed E-state index contributed by atoms with van der Waals surface area (Å²) in [7, 11) is 0. The van der Waals surface area contributed by atoms with E-state index in [9.17, 15) is 14.3 Å². The Morgan fingerprint density at radius 3 is 2.73 bits per heavy atom. The molecule has 0 aliphatic carbocycles. The maximum absolute atomic E-state index is 13.1. The zero-order valence-corrected chi connectivity index (χ0v) is 16.8. The van der Waals surface area contributed by atoms with Gasteiger partial charge in [-0.05, 0) is 35.4 Å². The minimum Gasteiger partial charge on any atom is -0.454 e. The fraction of sp³-hybridized carbons (Fsp3) is 0.238. The SMILES string of the molecule is O=C(CSc1nc(CO)cn1Cc1ccc(F)cc1)NCc1ccc2c(c1)OCO2. The first-order valence-electron chi connectivity index (χ1n) is 9.30. The molecule has 0 bridgehead atoms. The van der Waals surface area contributed by atoms with Gasteiger partial charge in [0, 0.05) is 19.3 Å². The van der Waals surface area contributed by atoms with Crippen LogP contribution in [0.25, 0.3) is 0 Å². The van der Waals surface area contributed by atoms with Crippen LogP contribution in [0.1, 0.15) is 16.8 Å². The number of thioether (sulfide) groups is 1. The second-order valence-corrected chi connectivity index (χ2v) is 7.62. The third-order valence-corrected chi connectivity index (χ3v) is 5.47. The van der Waals surface area contributed by atoms with E-state index >= 15 is 0 Å². The van der Waals surface area contributed by atoms with E-state index in [-0.39, 0.29) is 30.9 Å². The first-order chi connectivity index (χ1) is 14.6. The summed E-state index contributed by atoms with van der Waals surface area (Å²) < 4.78 is 25.6. The molecule has 1 aliphatic rings. The van der Waals surface area contributed by atoms with Crippen LogP contribution in [0.3, 0.4) is 0 Å². The molecule has 7 nitrogen and oxygen atoms in total. The minimum atomic E-state index is -0.297. The van der Waals surface area contributed by atoms with Gasteiger partial charge in [0.2, 0.25) is 12.7 Å². The van der Waals surface area contributed by atoms with Gasteiger partial charge in [0.15, 0.2) is 16.7 Å². The van der Waals surface area contributed by atoms with Crippen molar-refractivity contribution in [1.29, 1.82) is 0 Å². The number of hydrogen-bond donors (Lipinski definition) is 2. The Bertz CT molecular complexity index is 1040. The molecule has 2 aromatic carbocycles. The van der Waals surface area contributed by atoms with E-state index in [1.165, 1.54) is 23.9 Å². The number of aromatic nitrogens is 2. The van der Waals surface area contributed by atoms with Crippen LogP contribution < -0.4 is 14.8 Å². The Morgan fingerprint density at radius 2 is 1.93 bits per heavy atom. The molecular weight excluding hydrogens is 409 g/mol. The fourth-order valence-electron chi connectivity index (χ4n) is 2.97. The number of carbonyl (C=O) groups excluding carboxylic acids is 1. The number of aliphatic hydroxyl groups is 1. The van der Waals surface area contributed by atoms with Gasteiger partial charge in [0.05, 0.1) is 18.1 Å². The number of ether oxygens (including phenoxy) is 2. The lowest BCUT2D eigenvalue weighted by atomic mass is 10.2. The number of amides is 1. The minimum absolute atomic E-state index is 0.139. The third-order valence-electron chi connectivity index (χ3n) is 4.48. The standard InChI is InChI=1S/C21H20FN3O4S/c22-16-4-1-14(2-5-16)9-25-10-17(11-26)24-21(25)30-12-20(27)23-8-15-3-6-18-19(7-15)29-13-28-18/h1-7,10,26H,8-9,11-13H2,(H,23,27). The number of nitrogens with zero attached hydrogens (tertiary/aromatic N) is 2. The van der Waals surface area contributed by atoms with Crippen LogP contribution >= 0.6 is 11.8 Å². The molecular formula is C21H20FN3O4S. The van der Waals surface area contributed by atoms with Gasteiger partial charge in [-0.3, -0.25) is 4.79 Å². The molecule has 9 heteroatoms. The highest BCUT2D eigenvalue weighted by atomic mass is 32.2. The predicted molar refractivity (Wildman–Crippen MR) is 109 cm³/mol. The monoisotopic (exact) mass is 429 g/mol. The molecule has 0 spiro atoms.